The predicted octanol–water partition coefficient (Wildman–Crippen LogP) is 7.62. The van der Waals surface area contributed by atoms with Gasteiger partial charge in [-0.2, -0.15) is 0 Å². The highest BCUT2D eigenvalue weighted by molar-refractivity contribution is 7.22. The Morgan fingerprint density at radius 2 is 1.59 bits per heavy atom. The number of thiazole rings is 1. The van der Waals surface area contributed by atoms with Crippen molar-refractivity contribution in [2.45, 2.75) is 27.2 Å². The van der Waals surface area contributed by atoms with Crippen LogP contribution >= 0.6 is 46.1 Å². The largest absolute Gasteiger partial charge is 0.322 e. The molecule has 9 heteroatoms. The molecule has 4 aromatic rings. The summed E-state index contributed by atoms with van der Waals surface area (Å²) in [6.07, 6.45) is -0.0446. The third-order valence-corrected chi connectivity index (χ3v) is 7.42. The Hall–Kier alpha value is -2.64. The highest BCUT2D eigenvalue weighted by atomic mass is 35.5. The van der Waals surface area contributed by atoms with Gasteiger partial charge in [0.1, 0.15) is 0 Å². The van der Waals surface area contributed by atoms with Gasteiger partial charge < -0.3 is 10.6 Å². The Kier molecular flexibility index (Phi) is 7.14. The van der Waals surface area contributed by atoms with Crippen molar-refractivity contribution in [3.05, 3.63) is 85.3 Å². The summed E-state index contributed by atoms with van der Waals surface area (Å²) in [4.78, 5) is 29.9. The first-order valence-corrected chi connectivity index (χ1v) is 12.3. The van der Waals surface area contributed by atoms with E-state index in [0.29, 0.717) is 31.8 Å². The Balaban J connectivity index is 1.51. The van der Waals surface area contributed by atoms with Crippen LogP contribution in [0.5, 0.6) is 0 Å². The topological polar surface area (TPSA) is 71.1 Å². The molecule has 0 fully saturated rings. The maximum absolute atomic E-state index is 12.9. The summed E-state index contributed by atoms with van der Waals surface area (Å²) < 4.78 is 0.777. The Labute approximate surface area is 216 Å². The van der Waals surface area contributed by atoms with E-state index in [1.165, 1.54) is 11.3 Å². The lowest BCUT2D eigenvalue weighted by Crippen LogP contribution is -2.14. The van der Waals surface area contributed by atoms with Crippen molar-refractivity contribution in [3.63, 3.8) is 0 Å². The maximum Gasteiger partial charge on any atom is 0.255 e. The minimum absolute atomic E-state index is 0.0446. The van der Waals surface area contributed by atoms with Crippen molar-refractivity contribution in [3.8, 4) is 0 Å². The first-order valence-electron chi connectivity index (χ1n) is 10.3. The molecule has 0 unspecified atom stereocenters. The van der Waals surface area contributed by atoms with Crippen LogP contribution in [0.15, 0.2) is 42.5 Å². The molecule has 0 bridgehead atoms. The van der Waals surface area contributed by atoms with Gasteiger partial charge in [-0.15, -0.1) is 0 Å². The van der Waals surface area contributed by atoms with Crippen LogP contribution in [0, 0.1) is 20.8 Å². The molecule has 0 saturated carbocycles. The molecule has 1 heterocycles. The number of anilines is 2. The van der Waals surface area contributed by atoms with E-state index in [2.05, 4.69) is 15.6 Å². The fourth-order valence-electron chi connectivity index (χ4n) is 3.74. The van der Waals surface area contributed by atoms with E-state index >= 15 is 0 Å². The van der Waals surface area contributed by atoms with E-state index in [9.17, 15) is 9.59 Å². The molecule has 0 aliphatic carbocycles. The number of carbonyl (C=O) groups is 2. The minimum atomic E-state index is -0.326. The normalized spacial score (nSPS) is 11.0. The molecule has 1 aromatic heterocycles. The second kappa shape index (κ2) is 9.92. The van der Waals surface area contributed by atoms with Gasteiger partial charge in [-0.3, -0.25) is 9.59 Å². The van der Waals surface area contributed by atoms with E-state index in [1.807, 2.05) is 32.9 Å². The average Bonchev–Trinajstić information content (AvgIpc) is 3.17. The Morgan fingerprint density at radius 3 is 2.29 bits per heavy atom. The lowest BCUT2D eigenvalue weighted by Gasteiger charge is -2.12. The van der Waals surface area contributed by atoms with Gasteiger partial charge in [0, 0.05) is 21.8 Å². The first-order chi connectivity index (χ1) is 16.1. The molecule has 0 spiro atoms. The number of benzene rings is 3. The number of aryl methyl sites for hydroxylation is 3. The van der Waals surface area contributed by atoms with Crippen molar-refractivity contribution in [1.29, 1.82) is 0 Å². The van der Waals surface area contributed by atoms with Crippen LogP contribution in [0.1, 0.15) is 32.6 Å². The molecule has 0 atom stereocenters. The zero-order chi connectivity index (χ0) is 24.6. The zero-order valence-electron chi connectivity index (χ0n) is 18.6. The van der Waals surface area contributed by atoms with Gasteiger partial charge in [-0.25, -0.2) is 4.98 Å². The van der Waals surface area contributed by atoms with Crippen LogP contribution in [0.2, 0.25) is 15.1 Å². The standard InChI is InChI=1S/C25H20Cl3N3O2S/c1-12-8-13(2)23(14(3)9-12)31-24(33)15-4-7-19-20(10-15)34-25(29-19)30-21(32)11-16-17(26)5-6-18(27)22(16)28/h4-10H,11H2,1-3H3,(H,31,33)(H,29,30,32). The number of aromatic nitrogens is 1. The number of rotatable bonds is 5. The number of amides is 2. The Bertz CT molecular complexity index is 1430. The maximum atomic E-state index is 12.9. The van der Waals surface area contributed by atoms with Crippen LogP contribution in [0.25, 0.3) is 10.2 Å². The molecule has 0 radical (unpaired) electrons. The monoisotopic (exact) mass is 531 g/mol. The van der Waals surface area contributed by atoms with Crippen LogP contribution < -0.4 is 10.6 Å². The minimum Gasteiger partial charge on any atom is -0.322 e. The predicted molar refractivity (Wildman–Crippen MR) is 142 cm³/mol. The molecule has 3 aromatic carbocycles. The summed E-state index contributed by atoms with van der Waals surface area (Å²) in [5.41, 5.74) is 5.61. The van der Waals surface area contributed by atoms with Crippen LogP contribution in [-0.4, -0.2) is 16.8 Å². The third-order valence-electron chi connectivity index (χ3n) is 5.29. The lowest BCUT2D eigenvalue weighted by atomic mass is 10.0. The van der Waals surface area contributed by atoms with Crippen molar-refractivity contribution in [2.75, 3.05) is 10.6 Å². The molecule has 0 aliphatic heterocycles. The zero-order valence-corrected chi connectivity index (χ0v) is 21.6. The summed E-state index contributed by atoms with van der Waals surface area (Å²) in [6, 6.07) is 12.5. The van der Waals surface area contributed by atoms with Crippen LogP contribution in [0.3, 0.4) is 0 Å². The van der Waals surface area contributed by atoms with Crippen LogP contribution in [-0.2, 0) is 11.2 Å². The van der Waals surface area contributed by atoms with E-state index in [-0.39, 0.29) is 23.3 Å². The van der Waals surface area contributed by atoms with Gasteiger partial charge in [0.05, 0.1) is 26.7 Å². The van der Waals surface area contributed by atoms with Gasteiger partial charge in [-0.05, 0) is 62.2 Å². The number of hydrogen-bond acceptors (Lipinski definition) is 4. The van der Waals surface area contributed by atoms with Crippen molar-refractivity contribution in [1.82, 2.24) is 4.98 Å². The molecular formula is C25H20Cl3N3O2S. The second-order valence-electron chi connectivity index (χ2n) is 7.98. The third kappa shape index (κ3) is 5.20. The summed E-state index contributed by atoms with van der Waals surface area (Å²) in [5, 5.41) is 7.14. The van der Waals surface area contributed by atoms with E-state index in [0.717, 1.165) is 27.1 Å². The number of hydrogen-bond donors (Lipinski definition) is 2. The fourth-order valence-corrected chi connectivity index (χ4v) is 5.34. The van der Waals surface area contributed by atoms with Crippen molar-refractivity contribution >= 4 is 79.0 Å². The van der Waals surface area contributed by atoms with Crippen molar-refractivity contribution < 1.29 is 9.59 Å². The average molecular weight is 533 g/mol. The molecule has 5 nitrogen and oxygen atoms in total. The van der Waals surface area contributed by atoms with Crippen molar-refractivity contribution in [2.24, 2.45) is 0 Å². The Morgan fingerprint density at radius 1 is 0.912 bits per heavy atom. The lowest BCUT2D eigenvalue weighted by molar-refractivity contribution is -0.115. The summed E-state index contributed by atoms with van der Waals surface area (Å²) in [5.74, 6) is -0.533. The number of nitrogens with zero attached hydrogens (tertiary/aromatic N) is 1. The molecule has 0 saturated heterocycles. The molecular weight excluding hydrogens is 513 g/mol. The smallest absolute Gasteiger partial charge is 0.255 e. The first kappa shape index (κ1) is 24.5. The van der Waals surface area contributed by atoms with Crippen LogP contribution in [0.4, 0.5) is 10.8 Å². The van der Waals surface area contributed by atoms with Gasteiger partial charge in [0.15, 0.2) is 5.13 Å². The molecule has 2 N–H and O–H groups in total. The van der Waals surface area contributed by atoms with E-state index in [4.69, 9.17) is 34.8 Å². The SMILES string of the molecule is Cc1cc(C)c(NC(=O)c2ccc3nc(NC(=O)Cc4c(Cl)ccc(Cl)c4Cl)sc3c2)c(C)c1. The highest BCUT2D eigenvalue weighted by Crippen LogP contribution is 2.33. The van der Waals surface area contributed by atoms with Gasteiger partial charge in [-0.1, -0.05) is 63.8 Å². The van der Waals surface area contributed by atoms with E-state index < -0.39 is 0 Å². The molecule has 2 amide bonds. The molecule has 174 valence electrons. The quantitative estimate of drug-likeness (QED) is 0.260. The second-order valence-corrected chi connectivity index (χ2v) is 10.2. The summed E-state index contributed by atoms with van der Waals surface area (Å²) in [6.45, 7) is 5.97. The van der Waals surface area contributed by atoms with Gasteiger partial charge in [0.2, 0.25) is 5.91 Å². The highest BCUT2D eigenvalue weighted by Gasteiger charge is 2.16. The van der Waals surface area contributed by atoms with E-state index in [1.54, 1.807) is 30.3 Å². The van der Waals surface area contributed by atoms with Gasteiger partial charge >= 0.3 is 0 Å². The number of nitrogens with one attached hydrogen (secondary N) is 2. The molecule has 34 heavy (non-hydrogen) atoms. The number of halogens is 3. The fraction of sp³-hybridized carbons (Fsp3) is 0.160. The molecule has 0 aliphatic rings. The number of carbonyl (C=O) groups excluding carboxylic acids is 2. The number of fused-ring (bicyclic) bond motifs is 1. The molecule has 4 rings (SSSR count). The summed E-state index contributed by atoms with van der Waals surface area (Å²) in [7, 11) is 0. The summed E-state index contributed by atoms with van der Waals surface area (Å²) >= 11 is 19.7. The van der Waals surface area contributed by atoms with Gasteiger partial charge in [0.25, 0.3) is 5.91 Å².